The molecule has 1 saturated heterocycles. The molecule has 0 spiro atoms. The Kier molecular flexibility index (Phi) is 20.0. The van der Waals surface area contributed by atoms with Crippen LogP contribution in [0.2, 0.25) is 0 Å². The Morgan fingerprint density at radius 2 is 1.25 bits per heavy atom. The zero-order valence-electron chi connectivity index (χ0n) is 27.5. The third-order valence-corrected chi connectivity index (χ3v) is 9.34. The second-order valence-corrected chi connectivity index (χ2v) is 13.4. The van der Waals surface area contributed by atoms with Crippen LogP contribution in [0.1, 0.15) is 149 Å². The Bertz CT molecular complexity index is 790. The highest BCUT2D eigenvalue weighted by molar-refractivity contribution is 5.90. The SMILES string of the molecule is CCCCCCCCCCCC[C@H](O)[C@@H](O)CC[C@H](O)[C@@H]1CC[C@@H](CCCC(O)C(O)CC[C@@H](O)CC2=C[C@H](C)OC2=O)O1. The molecule has 2 aliphatic heterocycles. The molecule has 9 heteroatoms. The van der Waals surface area contributed by atoms with Crippen LogP contribution in [0.25, 0.3) is 0 Å². The van der Waals surface area contributed by atoms with Crippen molar-refractivity contribution in [1.29, 1.82) is 0 Å². The van der Waals surface area contributed by atoms with Gasteiger partial charge in [0, 0.05) is 12.0 Å². The molecule has 258 valence electrons. The molecule has 6 N–H and O–H groups in total. The van der Waals surface area contributed by atoms with Crippen LogP contribution in [-0.4, -0.2) is 91.5 Å². The van der Waals surface area contributed by atoms with Crippen molar-refractivity contribution in [3.8, 4) is 0 Å². The van der Waals surface area contributed by atoms with Gasteiger partial charge in [0.1, 0.15) is 6.10 Å². The van der Waals surface area contributed by atoms with Gasteiger partial charge < -0.3 is 40.1 Å². The number of carbonyl (C=O) groups excluding carboxylic acids is 1. The Balaban J connectivity index is 1.50. The summed E-state index contributed by atoms with van der Waals surface area (Å²) in [7, 11) is 0. The maximum atomic E-state index is 11.7. The number of cyclic esters (lactones) is 1. The fourth-order valence-electron chi connectivity index (χ4n) is 6.42. The third-order valence-electron chi connectivity index (χ3n) is 9.34. The van der Waals surface area contributed by atoms with Gasteiger partial charge in [-0.3, -0.25) is 0 Å². The molecule has 9 atom stereocenters. The largest absolute Gasteiger partial charge is 0.455 e. The number of carbonyl (C=O) groups is 1. The van der Waals surface area contributed by atoms with Crippen LogP contribution in [0.15, 0.2) is 11.6 Å². The molecule has 0 aromatic heterocycles. The maximum absolute atomic E-state index is 11.7. The summed E-state index contributed by atoms with van der Waals surface area (Å²) in [5.41, 5.74) is 0.452. The quantitative estimate of drug-likeness (QED) is 0.0573. The molecule has 2 aliphatic rings. The predicted molar refractivity (Wildman–Crippen MR) is 171 cm³/mol. The Morgan fingerprint density at radius 3 is 1.84 bits per heavy atom. The van der Waals surface area contributed by atoms with E-state index in [4.69, 9.17) is 9.47 Å². The maximum Gasteiger partial charge on any atom is 0.334 e. The molecule has 0 amide bonds. The van der Waals surface area contributed by atoms with Gasteiger partial charge in [-0.25, -0.2) is 4.79 Å². The van der Waals surface area contributed by atoms with Gasteiger partial charge in [0.2, 0.25) is 0 Å². The second kappa shape index (κ2) is 22.5. The number of hydrogen-bond acceptors (Lipinski definition) is 9. The minimum Gasteiger partial charge on any atom is -0.455 e. The molecule has 0 aromatic rings. The summed E-state index contributed by atoms with van der Waals surface area (Å²) in [6, 6.07) is 0. The topological polar surface area (TPSA) is 157 Å². The average Bonchev–Trinajstić information content (AvgIpc) is 3.60. The van der Waals surface area contributed by atoms with Crippen molar-refractivity contribution in [2.75, 3.05) is 0 Å². The molecule has 0 aromatic carbocycles. The lowest BCUT2D eigenvalue weighted by atomic mass is 9.97. The van der Waals surface area contributed by atoms with E-state index in [-0.39, 0.29) is 37.6 Å². The zero-order valence-corrected chi connectivity index (χ0v) is 27.5. The van der Waals surface area contributed by atoms with Crippen LogP contribution in [0.4, 0.5) is 0 Å². The van der Waals surface area contributed by atoms with Gasteiger partial charge in [0.25, 0.3) is 0 Å². The van der Waals surface area contributed by atoms with E-state index in [1.54, 1.807) is 13.0 Å². The molecular formula is C35H64O9. The highest BCUT2D eigenvalue weighted by Crippen LogP contribution is 2.28. The highest BCUT2D eigenvalue weighted by Gasteiger charge is 2.31. The number of hydrogen-bond donors (Lipinski definition) is 6. The van der Waals surface area contributed by atoms with E-state index in [9.17, 15) is 35.4 Å². The number of rotatable bonds is 26. The molecule has 2 heterocycles. The summed E-state index contributed by atoms with van der Waals surface area (Å²) in [5.74, 6) is -0.410. The summed E-state index contributed by atoms with van der Waals surface area (Å²) < 4.78 is 11.1. The van der Waals surface area contributed by atoms with E-state index >= 15 is 0 Å². The van der Waals surface area contributed by atoms with Crippen molar-refractivity contribution >= 4 is 5.97 Å². The lowest BCUT2D eigenvalue weighted by molar-refractivity contribution is -0.139. The zero-order chi connectivity index (χ0) is 32.3. The summed E-state index contributed by atoms with van der Waals surface area (Å²) in [4.78, 5) is 11.7. The van der Waals surface area contributed by atoms with Crippen molar-refractivity contribution in [3.63, 3.8) is 0 Å². The smallest absolute Gasteiger partial charge is 0.334 e. The summed E-state index contributed by atoms with van der Waals surface area (Å²) in [5, 5.41) is 62.3. The standard InChI is InChI=1S/C35H64O9/c1-3-4-5-6-7-8-9-10-11-12-15-29(37)32(40)20-21-33(41)34-22-18-28(44-34)14-13-16-30(38)31(39)19-17-27(36)24-26-23-25(2)43-35(26)42/h23,25,27-34,36-41H,3-22,24H2,1-2H3/t25-,27+,28+,29-,30?,31?,32-,33-,34-/m0/s1. The number of aliphatic hydroxyl groups is 6. The van der Waals surface area contributed by atoms with Gasteiger partial charge in [-0.15, -0.1) is 0 Å². The number of esters is 1. The van der Waals surface area contributed by atoms with Crippen LogP contribution in [0.5, 0.6) is 0 Å². The second-order valence-electron chi connectivity index (χ2n) is 13.4. The fourth-order valence-corrected chi connectivity index (χ4v) is 6.42. The van der Waals surface area contributed by atoms with E-state index in [1.807, 2.05) is 0 Å². The fraction of sp³-hybridized carbons (Fsp3) is 0.914. The minimum atomic E-state index is -0.959. The molecule has 0 saturated carbocycles. The summed E-state index contributed by atoms with van der Waals surface area (Å²) in [6.45, 7) is 3.99. The third kappa shape index (κ3) is 16.0. The van der Waals surface area contributed by atoms with Crippen molar-refractivity contribution in [1.82, 2.24) is 0 Å². The Hall–Kier alpha value is -1.07. The van der Waals surface area contributed by atoms with Crippen LogP contribution in [0.3, 0.4) is 0 Å². The Labute approximate surface area is 266 Å². The van der Waals surface area contributed by atoms with Gasteiger partial charge in [0.05, 0.1) is 48.8 Å². The van der Waals surface area contributed by atoms with E-state index in [1.165, 1.54) is 51.4 Å². The summed E-state index contributed by atoms with van der Waals surface area (Å²) >= 11 is 0. The van der Waals surface area contributed by atoms with Gasteiger partial charge in [-0.05, 0) is 77.2 Å². The number of ether oxygens (including phenoxy) is 2. The molecule has 44 heavy (non-hydrogen) atoms. The van der Waals surface area contributed by atoms with Crippen LogP contribution in [0, 0.1) is 0 Å². The van der Waals surface area contributed by atoms with Crippen LogP contribution >= 0.6 is 0 Å². The first-order valence-electron chi connectivity index (χ1n) is 17.8. The molecule has 0 radical (unpaired) electrons. The van der Waals surface area contributed by atoms with Crippen molar-refractivity contribution in [2.45, 2.75) is 204 Å². The van der Waals surface area contributed by atoms with Crippen LogP contribution in [-0.2, 0) is 14.3 Å². The molecule has 9 nitrogen and oxygen atoms in total. The Morgan fingerprint density at radius 1 is 0.705 bits per heavy atom. The highest BCUT2D eigenvalue weighted by atomic mass is 16.5. The van der Waals surface area contributed by atoms with Gasteiger partial charge in [-0.2, -0.15) is 0 Å². The average molecular weight is 629 g/mol. The van der Waals surface area contributed by atoms with E-state index in [2.05, 4.69) is 6.92 Å². The first kappa shape index (κ1) is 39.1. The monoisotopic (exact) mass is 628 g/mol. The van der Waals surface area contributed by atoms with Gasteiger partial charge >= 0.3 is 5.97 Å². The summed E-state index contributed by atoms with van der Waals surface area (Å²) in [6.07, 6.45) is 13.8. The van der Waals surface area contributed by atoms with Crippen molar-refractivity contribution in [2.24, 2.45) is 0 Å². The molecule has 0 aliphatic carbocycles. The minimum absolute atomic E-state index is 0.0190. The molecule has 2 rings (SSSR count). The van der Waals surface area contributed by atoms with E-state index in [0.29, 0.717) is 44.1 Å². The van der Waals surface area contributed by atoms with E-state index in [0.717, 1.165) is 25.7 Å². The molecular weight excluding hydrogens is 564 g/mol. The van der Waals surface area contributed by atoms with E-state index < -0.39 is 42.6 Å². The van der Waals surface area contributed by atoms with Crippen molar-refractivity contribution < 1.29 is 44.9 Å². The molecule has 0 bridgehead atoms. The first-order chi connectivity index (χ1) is 21.1. The molecule has 2 unspecified atom stereocenters. The predicted octanol–water partition coefficient (Wildman–Crippen LogP) is 5.00. The van der Waals surface area contributed by atoms with Crippen LogP contribution < -0.4 is 0 Å². The first-order valence-corrected chi connectivity index (χ1v) is 17.8. The van der Waals surface area contributed by atoms with Gasteiger partial charge in [-0.1, -0.05) is 71.1 Å². The van der Waals surface area contributed by atoms with Gasteiger partial charge in [0.15, 0.2) is 0 Å². The molecule has 1 fully saturated rings. The van der Waals surface area contributed by atoms with Crippen molar-refractivity contribution in [3.05, 3.63) is 11.6 Å². The normalized spacial score (nSPS) is 24.5. The lowest BCUT2D eigenvalue weighted by Crippen LogP contribution is -2.31. The number of unbranched alkanes of at least 4 members (excludes halogenated alkanes) is 9. The lowest BCUT2D eigenvalue weighted by Gasteiger charge is -2.23. The number of aliphatic hydroxyl groups excluding tert-OH is 6.